The van der Waals surface area contributed by atoms with Crippen LogP contribution in [0.2, 0.25) is 10.0 Å². The fourth-order valence-electron chi connectivity index (χ4n) is 3.65. The van der Waals surface area contributed by atoms with Crippen molar-refractivity contribution in [3.8, 4) is 0 Å². The first kappa shape index (κ1) is 19.7. The average molecular weight is 439 g/mol. The van der Waals surface area contributed by atoms with E-state index in [9.17, 15) is 13.2 Å². The van der Waals surface area contributed by atoms with Gasteiger partial charge in [0.05, 0.1) is 0 Å². The zero-order chi connectivity index (χ0) is 19.9. The van der Waals surface area contributed by atoms with Crippen LogP contribution < -0.4 is 4.72 Å². The lowest BCUT2D eigenvalue weighted by Gasteiger charge is -2.41. The van der Waals surface area contributed by atoms with Crippen molar-refractivity contribution in [2.75, 3.05) is 13.1 Å². The minimum absolute atomic E-state index is 0.0524. The van der Waals surface area contributed by atoms with Crippen molar-refractivity contribution in [1.82, 2.24) is 9.62 Å². The second-order valence-corrected chi connectivity index (χ2v) is 10.3. The number of sulfonamides is 1. The van der Waals surface area contributed by atoms with Gasteiger partial charge < -0.3 is 4.90 Å². The van der Waals surface area contributed by atoms with Crippen LogP contribution in [-0.4, -0.2) is 43.6 Å². The summed E-state index contributed by atoms with van der Waals surface area (Å²) in [6.45, 7) is 0.405. The predicted octanol–water partition coefficient (Wildman–Crippen LogP) is 3.68. The maximum absolute atomic E-state index is 12.6. The minimum Gasteiger partial charge on any atom is -0.336 e. The van der Waals surface area contributed by atoms with Gasteiger partial charge in [-0.25, -0.2) is 13.1 Å². The summed E-state index contributed by atoms with van der Waals surface area (Å²) in [4.78, 5) is 13.9. The topological polar surface area (TPSA) is 66.5 Å². The van der Waals surface area contributed by atoms with E-state index in [1.165, 1.54) is 10.5 Å². The van der Waals surface area contributed by atoms with Gasteiger partial charge in [0.15, 0.2) is 0 Å². The molecular weight excluding hydrogens is 419 g/mol. The number of likely N-dealkylation sites (tertiary alicyclic amines) is 1. The van der Waals surface area contributed by atoms with Gasteiger partial charge in [-0.15, -0.1) is 0 Å². The number of nitrogens with one attached hydrogen (secondary N) is 1. The van der Waals surface area contributed by atoms with Crippen molar-refractivity contribution >= 4 is 39.1 Å². The SMILES string of the molecule is O=C(c1cccc(Cl)c1)N1CC(S(=O)(=O)NC2CC(c3ccc(Cl)cc3)C2)C1. The molecule has 1 amide bonds. The number of carbonyl (C=O) groups is 1. The fraction of sp³-hybridized carbons (Fsp3) is 0.350. The molecule has 28 heavy (non-hydrogen) atoms. The second kappa shape index (κ2) is 7.67. The van der Waals surface area contributed by atoms with Crippen molar-refractivity contribution in [2.45, 2.75) is 30.1 Å². The van der Waals surface area contributed by atoms with Gasteiger partial charge in [0.25, 0.3) is 5.91 Å². The van der Waals surface area contributed by atoms with Gasteiger partial charge >= 0.3 is 0 Å². The van der Waals surface area contributed by atoms with E-state index in [-0.39, 0.29) is 25.0 Å². The van der Waals surface area contributed by atoms with Gasteiger partial charge in [0.1, 0.15) is 5.25 Å². The first-order valence-corrected chi connectivity index (χ1v) is 11.4. The lowest BCUT2D eigenvalue weighted by Crippen LogP contribution is -2.61. The number of halogens is 2. The third-order valence-corrected chi connectivity index (χ3v) is 7.78. The van der Waals surface area contributed by atoms with Crippen molar-refractivity contribution in [3.63, 3.8) is 0 Å². The third-order valence-electron chi connectivity index (χ3n) is 5.46. The maximum atomic E-state index is 12.6. The van der Waals surface area contributed by atoms with Crippen LogP contribution in [0.15, 0.2) is 48.5 Å². The molecule has 1 aliphatic carbocycles. The first-order chi connectivity index (χ1) is 13.3. The summed E-state index contributed by atoms with van der Waals surface area (Å²) in [6.07, 6.45) is 1.55. The molecule has 5 nitrogen and oxygen atoms in total. The highest BCUT2D eigenvalue weighted by Crippen LogP contribution is 2.38. The predicted molar refractivity (Wildman–Crippen MR) is 110 cm³/mol. The van der Waals surface area contributed by atoms with Crippen LogP contribution in [0.3, 0.4) is 0 Å². The Balaban J connectivity index is 1.28. The number of hydrogen-bond donors (Lipinski definition) is 1. The van der Waals surface area contributed by atoms with Crippen molar-refractivity contribution in [1.29, 1.82) is 0 Å². The normalized spacial score (nSPS) is 22.4. The van der Waals surface area contributed by atoms with Gasteiger partial charge in [0.2, 0.25) is 10.0 Å². The molecule has 0 bridgehead atoms. The number of rotatable bonds is 5. The number of benzene rings is 2. The molecule has 2 aliphatic rings. The van der Waals surface area contributed by atoms with Crippen molar-refractivity contribution < 1.29 is 13.2 Å². The molecule has 148 valence electrons. The molecule has 1 saturated carbocycles. The molecule has 1 N–H and O–H groups in total. The molecule has 0 aromatic heterocycles. The van der Waals surface area contributed by atoms with E-state index in [2.05, 4.69) is 4.72 Å². The molecule has 2 aromatic carbocycles. The molecule has 0 spiro atoms. The van der Waals surface area contributed by atoms with E-state index in [0.717, 1.165) is 12.8 Å². The lowest BCUT2D eigenvalue weighted by molar-refractivity contribution is 0.0657. The van der Waals surface area contributed by atoms with Gasteiger partial charge in [-0.2, -0.15) is 0 Å². The number of hydrogen-bond acceptors (Lipinski definition) is 3. The van der Waals surface area contributed by atoms with Crippen molar-refractivity contribution in [2.24, 2.45) is 0 Å². The second-order valence-electron chi connectivity index (χ2n) is 7.42. The summed E-state index contributed by atoms with van der Waals surface area (Å²) in [5, 5.41) is 0.616. The molecule has 4 rings (SSSR count). The summed E-state index contributed by atoms with van der Waals surface area (Å²) in [5.74, 6) is 0.160. The molecule has 1 aliphatic heterocycles. The minimum atomic E-state index is -3.44. The third kappa shape index (κ3) is 4.06. The summed E-state index contributed by atoms with van der Waals surface area (Å²) in [7, 11) is -3.44. The number of nitrogens with zero attached hydrogens (tertiary/aromatic N) is 1. The molecule has 2 aromatic rings. The Bertz CT molecular complexity index is 983. The molecule has 0 radical (unpaired) electrons. The Kier molecular flexibility index (Phi) is 5.40. The van der Waals surface area contributed by atoms with E-state index in [4.69, 9.17) is 23.2 Å². The molecule has 8 heteroatoms. The number of amides is 1. The highest BCUT2D eigenvalue weighted by Gasteiger charge is 2.42. The summed E-state index contributed by atoms with van der Waals surface area (Å²) >= 11 is 11.8. The smallest absolute Gasteiger partial charge is 0.253 e. The zero-order valence-electron chi connectivity index (χ0n) is 15.0. The molecule has 2 fully saturated rings. The standard InChI is InChI=1S/C20H20Cl2N2O3S/c21-16-6-4-13(5-7-16)15-9-18(10-15)23-28(26,27)19-11-24(12-19)20(25)14-2-1-3-17(22)8-14/h1-8,15,18-19,23H,9-12H2. The van der Waals surface area contributed by atoms with Crippen LogP contribution in [0, 0.1) is 0 Å². The highest BCUT2D eigenvalue weighted by molar-refractivity contribution is 7.90. The molecule has 1 saturated heterocycles. The number of carbonyl (C=O) groups excluding carboxylic acids is 1. The van der Waals surface area contributed by atoms with Gasteiger partial charge in [-0.3, -0.25) is 4.79 Å². The van der Waals surface area contributed by atoms with Crippen LogP contribution in [0.25, 0.3) is 0 Å². The Morgan fingerprint density at radius 2 is 1.68 bits per heavy atom. The Labute approximate surface area is 174 Å². The van der Waals surface area contributed by atoms with Crippen LogP contribution in [-0.2, 0) is 10.0 Å². The van der Waals surface area contributed by atoms with Crippen molar-refractivity contribution in [3.05, 3.63) is 69.7 Å². The van der Waals surface area contributed by atoms with Crippen LogP contribution >= 0.6 is 23.2 Å². The van der Waals surface area contributed by atoms with E-state index in [0.29, 0.717) is 21.5 Å². The van der Waals surface area contributed by atoms with Gasteiger partial charge in [0, 0.05) is 34.7 Å². The van der Waals surface area contributed by atoms with E-state index >= 15 is 0 Å². The summed E-state index contributed by atoms with van der Waals surface area (Å²) < 4.78 is 28.0. The van der Waals surface area contributed by atoms with E-state index in [1.807, 2.05) is 24.3 Å². The van der Waals surface area contributed by atoms with E-state index < -0.39 is 15.3 Å². The largest absolute Gasteiger partial charge is 0.336 e. The monoisotopic (exact) mass is 438 g/mol. The Hall–Kier alpha value is -1.60. The maximum Gasteiger partial charge on any atom is 0.253 e. The zero-order valence-corrected chi connectivity index (χ0v) is 17.3. The first-order valence-electron chi connectivity index (χ1n) is 9.13. The average Bonchev–Trinajstić information content (AvgIpc) is 2.57. The molecule has 1 heterocycles. The van der Waals surface area contributed by atoms with Crippen LogP contribution in [0.4, 0.5) is 0 Å². The molecular formula is C20H20Cl2N2O3S. The summed E-state index contributed by atoms with van der Waals surface area (Å²) in [6, 6.07) is 14.3. The lowest BCUT2D eigenvalue weighted by atomic mass is 9.76. The van der Waals surface area contributed by atoms with Gasteiger partial charge in [-0.05, 0) is 54.7 Å². The van der Waals surface area contributed by atoms with Crippen LogP contribution in [0.5, 0.6) is 0 Å². The quantitative estimate of drug-likeness (QED) is 0.773. The molecule has 0 unspecified atom stereocenters. The highest BCUT2D eigenvalue weighted by atomic mass is 35.5. The van der Waals surface area contributed by atoms with Gasteiger partial charge in [-0.1, -0.05) is 41.4 Å². The van der Waals surface area contributed by atoms with Crippen LogP contribution in [0.1, 0.15) is 34.7 Å². The fourth-order valence-corrected chi connectivity index (χ4v) is 5.57. The van der Waals surface area contributed by atoms with E-state index in [1.54, 1.807) is 24.3 Å². The summed E-state index contributed by atoms with van der Waals surface area (Å²) in [5.41, 5.74) is 1.66. The molecule has 0 atom stereocenters. The Morgan fingerprint density at radius 1 is 1.00 bits per heavy atom. The Morgan fingerprint density at radius 3 is 2.32 bits per heavy atom.